The Kier molecular flexibility index (Phi) is 4.22. The maximum absolute atomic E-state index is 13.6. The zero-order valence-electron chi connectivity index (χ0n) is 16.3. The SMILES string of the molecule is CCN1C(=O)c2ccccc2N2C(=O)CCC12C(=O)Nc1cc(C)cc(C)c1. The normalized spacial score (nSPS) is 20.8. The number of nitrogens with one attached hydrogen (secondary N) is 1. The first-order valence-electron chi connectivity index (χ1n) is 9.52. The van der Waals surface area contributed by atoms with Crippen LogP contribution in [0.4, 0.5) is 11.4 Å². The molecule has 6 heteroatoms. The van der Waals surface area contributed by atoms with E-state index in [9.17, 15) is 14.4 Å². The van der Waals surface area contributed by atoms with Crippen molar-refractivity contribution in [2.75, 3.05) is 16.8 Å². The van der Waals surface area contributed by atoms with Crippen LogP contribution in [0.5, 0.6) is 0 Å². The fourth-order valence-corrected chi connectivity index (χ4v) is 4.48. The molecule has 1 fully saturated rings. The Morgan fingerprint density at radius 2 is 1.79 bits per heavy atom. The average Bonchev–Trinajstić information content (AvgIpc) is 3.00. The number of anilines is 2. The van der Waals surface area contributed by atoms with Crippen molar-refractivity contribution in [1.82, 2.24) is 4.90 Å². The number of hydrogen-bond donors (Lipinski definition) is 1. The van der Waals surface area contributed by atoms with Gasteiger partial charge >= 0.3 is 0 Å². The number of carbonyl (C=O) groups is 3. The third-order valence-corrected chi connectivity index (χ3v) is 5.53. The van der Waals surface area contributed by atoms with E-state index in [0.29, 0.717) is 23.5 Å². The van der Waals surface area contributed by atoms with Crippen LogP contribution < -0.4 is 10.2 Å². The van der Waals surface area contributed by atoms with Crippen LogP contribution >= 0.6 is 0 Å². The van der Waals surface area contributed by atoms with E-state index < -0.39 is 5.66 Å². The molecule has 0 aromatic heterocycles. The van der Waals surface area contributed by atoms with Crippen LogP contribution in [-0.4, -0.2) is 34.8 Å². The van der Waals surface area contributed by atoms with Gasteiger partial charge < -0.3 is 10.2 Å². The van der Waals surface area contributed by atoms with Crippen molar-refractivity contribution in [3.63, 3.8) is 0 Å². The molecular weight excluding hydrogens is 354 g/mol. The number of benzene rings is 2. The Morgan fingerprint density at radius 1 is 1.11 bits per heavy atom. The lowest BCUT2D eigenvalue weighted by Gasteiger charge is -2.48. The highest BCUT2D eigenvalue weighted by molar-refractivity contribution is 6.18. The number of hydrogen-bond acceptors (Lipinski definition) is 3. The van der Waals surface area contributed by atoms with Crippen molar-refractivity contribution < 1.29 is 14.4 Å². The van der Waals surface area contributed by atoms with E-state index >= 15 is 0 Å². The number of fused-ring (bicyclic) bond motifs is 3. The molecule has 144 valence electrons. The minimum Gasteiger partial charge on any atom is -0.322 e. The average molecular weight is 377 g/mol. The Morgan fingerprint density at radius 3 is 2.46 bits per heavy atom. The maximum Gasteiger partial charge on any atom is 0.271 e. The van der Waals surface area contributed by atoms with Crippen LogP contribution in [0.3, 0.4) is 0 Å². The summed E-state index contributed by atoms with van der Waals surface area (Å²) >= 11 is 0. The summed E-state index contributed by atoms with van der Waals surface area (Å²) in [5.74, 6) is -0.721. The Hall–Kier alpha value is -3.15. The molecule has 4 rings (SSSR count). The fourth-order valence-electron chi connectivity index (χ4n) is 4.48. The Labute approximate surface area is 164 Å². The van der Waals surface area contributed by atoms with Crippen molar-refractivity contribution in [1.29, 1.82) is 0 Å². The molecule has 1 N–H and O–H groups in total. The molecule has 2 heterocycles. The van der Waals surface area contributed by atoms with Crippen molar-refractivity contribution >= 4 is 29.1 Å². The first-order chi connectivity index (χ1) is 13.4. The summed E-state index contributed by atoms with van der Waals surface area (Å²) < 4.78 is 0. The summed E-state index contributed by atoms with van der Waals surface area (Å²) in [6.45, 7) is 6.09. The van der Waals surface area contributed by atoms with E-state index in [0.717, 1.165) is 11.1 Å². The zero-order valence-corrected chi connectivity index (χ0v) is 16.3. The van der Waals surface area contributed by atoms with E-state index in [-0.39, 0.29) is 30.6 Å². The van der Waals surface area contributed by atoms with Gasteiger partial charge in [0.1, 0.15) is 0 Å². The van der Waals surface area contributed by atoms with Crippen molar-refractivity contribution in [2.45, 2.75) is 39.3 Å². The van der Waals surface area contributed by atoms with Gasteiger partial charge in [-0.3, -0.25) is 19.3 Å². The van der Waals surface area contributed by atoms with E-state index in [1.54, 1.807) is 24.3 Å². The standard InChI is InChI=1S/C22H23N3O3/c1-4-24-20(27)17-7-5-6-8-18(17)25-19(26)9-10-22(24,25)21(28)23-16-12-14(2)11-15(3)13-16/h5-8,11-13H,4,9-10H2,1-3H3,(H,23,28). The summed E-state index contributed by atoms with van der Waals surface area (Å²) in [4.78, 5) is 42.6. The second-order valence-electron chi connectivity index (χ2n) is 7.44. The van der Waals surface area contributed by atoms with Gasteiger partial charge in [0, 0.05) is 25.1 Å². The van der Waals surface area contributed by atoms with Crippen LogP contribution in [0.25, 0.3) is 0 Å². The van der Waals surface area contributed by atoms with Crippen molar-refractivity contribution in [3.8, 4) is 0 Å². The van der Waals surface area contributed by atoms with Crippen LogP contribution in [0.1, 0.15) is 41.3 Å². The number of para-hydroxylation sites is 1. The van der Waals surface area contributed by atoms with E-state index in [1.165, 1.54) is 9.80 Å². The number of likely N-dealkylation sites (N-methyl/N-ethyl adjacent to an activating group) is 1. The summed E-state index contributed by atoms with van der Waals surface area (Å²) in [5.41, 5.74) is 2.35. The van der Waals surface area contributed by atoms with Crippen molar-refractivity contribution in [2.24, 2.45) is 0 Å². The van der Waals surface area contributed by atoms with Crippen LogP contribution in [0, 0.1) is 13.8 Å². The Bertz CT molecular complexity index is 980. The summed E-state index contributed by atoms with van der Waals surface area (Å²) in [6.07, 6.45) is 0.495. The third kappa shape index (κ3) is 2.52. The predicted molar refractivity (Wildman–Crippen MR) is 107 cm³/mol. The lowest BCUT2D eigenvalue weighted by Crippen LogP contribution is -2.69. The summed E-state index contributed by atoms with van der Waals surface area (Å²) in [6, 6.07) is 12.8. The first kappa shape index (κ1) is 18.2. The predicted octanol–water partition coefficient (Wildman–Crippen LogP) is 3.24. The molecule has 2 aromatic rings. The molecule has 2 aromatic carbocycles. The molecule has 2 aliphatic heterocycles. The molecule has 3 amide bonds. The molecule has 1 saturated heterocycles. The highest BCUT2D eigenvalue weighted by Gasteiger charge is 2.60. The molecule has 0 bridgehead atoms. The number of nitrogens with zero attached hydrogens (tertiary/aromatic N) is 2. The summed E-state index contributed by atoms with van der Waals surface area (Å²) in [7, 11) is 0. The van der Waals surface area contributed by atoms with Crippen LogP contribution in [0.2, 0.25) is 0 Å². The lowest BCUT2D eigenvalue weighted by atomic mass is 9.95. The van der Waals surface area contributed by atoms with Gasteiger partial charge in [0.05, 0.1) is 11.3 Å². The van der Waals surface area contributed by atoms with Gasteiger partial charge in [-0.25, -0.2) is 0 Å². The molecule has 0 saturated carbocycles. The number of aryl methyl sites for hydroxylation is 2. The number of carbonyl (C=O) groups excluding carboxylic acids is 3. The number of rotatable bonds is 3. The minimum atomic E-state index is -1.34. The molecular formula is C22H23N3O3. The first-order valence-corrected chi connectivity index (χ1v) is 9.52. The Balaban J connectivity index is 1.83. The van der Waals surface area contributed by atoms with Crippen LogP contribution in [0.15, 0.2) is 42.5 Å². The number of amides is 3. The zero-order chi connectivity index (χ0) is 20.1. The molecule has 1 atom stereocenters. The van der Waals surface area contributed by atoms with Gasteiger partial charge in [-0.1, -0.05) is 18.2 Å². The smallest absolute Gasteiger partial charge is 0.271 e. The summed E-state index contributed by atoms with van der Waals surface area (Å²) in [5, 5.41) is 2.96. The van der Waals surface area contributed by atoms with Gasteiger partial charge in [0.25, 0.3) is 11.8 Å². The van der Waals surface area contributed by atoms with Gasteiger partial charge in [-0.15, -0.1) is 0 Å². The molecule has 6 nitrogen and oxygen atoms in total. The second kappa shape index (κ2) is 6.48. The minimum absolute atomic E-state index is 0.144. The van der Waals surface area contributed by atoms with Gasteiger partial charge in [0.15, 0.2) is 0 Å². The fraction of sp³-hybridized carbons (Fsp3) is 0.318. The molecule has 0 spiro atoms. The molecule has 0 aliphatic carbocycles. The van der Waals surface area contributed by atoms with E-state index in [4.69, 9.17) is 0 Å². The highest BCUT2D eigenvalue weighted by Crippen LogP contribution is 2.44. The quantitative estimate of drug-likeness (QED) is 0.893. The monoisotopic (exact) mass is 377 g/mol. The molecule has 1 unspecified atom stereocenters. The molecule has 28 heavy (non-hydrogen) atoms. The third-order valence-electron chi connectivity index (χ3n) is 5.53. The van der Waals surface area contributed by atoms with Crippen LogP contribution in [-0.2, 0) is 9.59 Å². The highest BCUT2D eigenvalue weighted by atomic mass is 16.2. The van der Waals surface area contributed by atoms with Gasteiger partial charge in [0.2, 0.25) is 11.6 Å². The second-order valence-corrected chi connectivity index (χ2v) is 7.44. The van der Waals surface area contributed by atoms with Gasteiger partial charge in [-0.05, 0) is 56.2 Å². The topological polar surface area (TPSA) is 69.7 Å². The van der Waals surface area contributed by atoms with E-state index in [2.05, 4.69) is 5.32 Å². The van der Waals surface area contributed by atoms with Crippen molar-refractivity contribution in [3.05, 3.63) is 59.2 Å². The largest absolute Gasteiger partial charge is 0.322 e. The van der Waals surface area contributed by atoms with Gasteiger partial charge in [-0.2, -0.15) is 0 Å². The molecule has 0 radical (unpaired) electrons. The van der Waals surface area contributed by atoms with E-state index in [1.807, 2.05) is 39.0 Å². The lowest BCUT2D eigenvalue weighted by molar-refractivity contribution is -0.128. The maximum atomic E-state index is 13.6. The molecule has 2 aliphatic rings.